The minimum absolute atomic E-state index is 0.0542. The van der Waals surface area contributed by atoms with Crippen molar-refractivity contribution in [2.45, 2.75) is 5.88 Å². The fraction of sp³-hybridized carbons (Fsp3) is 0.0769. The van der Waals surface area contributed by atoms with Gasteiger partial charge in [-0.25, -0.2) is 8.78 Å². The molecule has 0 radical (unpaired) electrons. The number of hydrogen-bond acceptors (Lipinski definition) is 1. The van der Waals surface area contributed by atoms with Crippen molar-refractivity contribution in [1.82, 2.24) is 0 Å². The first-order chi connectivity index (χ1) is 8.60. The molecule has 2 aromatic rings. The predicted octanol–water partition coefficient (Wildman–Crippen LogP) is 5.15. The molecule has 0 atom stereocenters. The van der Waals surface area contributed by atoms with E-state index in [1.54, 1.807) is 6.07 Å². The zero-order valence-electron chi connectivity index (χ0n) is 9.09. The molecule has 0 fully saturated rings. The molecular weight excluding hydrogens is 281 g/mol. The second kappa shape index (κ2) is 5.55. The normalized spacial score (nSPS) is 10.4. The lowest BCUT2D eigenvalue weighted by molar-refractivity contribution is 0.438. The number of benzene rings is 2. The van der Waals surface area contributed by atoms with Crippen LogP contribution in [0.1, 0.15) is 5.56 Å². The highest BCUT2D eigenvalue weighted by Gasteiger charge is 2.09. The Morgan fingerprint density at radius 3 is 2.61 bits per heavy atom. The quantitative estimate of drug-likeness (QED) is 0.710. The van der Waals surface area contributed by atoms with Gasteiger partial charge in [0, 0.05) is 11.9 Å². The molecule has 0 heterocycles. The summed E-state index contributed by atoms with van der Waals surface area (Å²) in [5.74, 6) is -0.923. The lowest BCUT2D eigenvalue weighted by atomic mass is 10.2. The van der Waals surface area contributed by atoms with Crippen molar-refractivity contribution in [3.05, 3.63) is 58.6 Å². The summed E-state index contributed by atoms with van der Waals surface area (Å²) < 4.78 is 32.1. The number of ether oxygens (including phenoxy) is 1. The minimum Gasteiger partial charge on any atom is -0.454 e. The average molecular weight is 289 g/mol. The molecule has 1 nitrogen and oxygen atoms in total. The van der Waals surface area contributed by atoms with Crippen LogP contribution in [0, 0.1) is 11.6 Å². The van der Waals surface area contributed by atoms with Crippen molar-refractivity contribution in [2.75, 3.05) is 0 Å². The van der Waals surface area contributed by atoms with Crippen LogP contribution in [0.3, 0.4) is 0 Å². The second-order valence-corrected chi connectivity index (χ2v) is 4.26. The molecule has 0 amide bonds. The van der Waals surface area contributed by atoms with Crippen LogP contribution < -0.4 is 4.74 Å². The maximum Gasteiger partial charge on any atom is 0.184 e. The molecule has 94 valence electrons. The van der Waals surface area contributed by atoms with Crippen LogP contribution in [0.25, 0.3) is 0 Å². The molecule has 0 spiro atoms. The van der Waals surface area contributed by atoms with Gasteiger partial charge in [0.15, 0.2) is 11.6 Å². The molecule has 18 heavy (non-hydrogen) atoms. The van der Waals surface area contributed by atoms with Crippen LogP contribution in [0.4, 0.5) is 8.78 Å². The second-order valence-electron chi connectivity index (χ2n) is 3.58. The molecule has 0 aliphatic carbocycles. The predicted molar refractivity (Wildman–Crippen MR) is 67.4 cm³/mol. The van der Waals surface area contributed by atoms with Gasteiger partial charge in [-0.3, -0.25) is 0 Å². The molecule has 0 saturated heterocycles. The lowest BCUT2D eigenvalue weighted by Gasteiger charge is -2.08. The van der Waals surface area contributed by atoms with Crippen LogP contribution in [-0.4, -0.2) is 0 Å². The van der Waals surface area contributed by atoms with E-state index in [4.69, 9.17) is 27.9 Å². The van der Waals surface area contributed by atoms with Gasteiger partial charge in [0.25, 0.3) is 0 Å². The number of alkyl halides is 1. The first-order valence-corrected chi connectivity index (χ1v) is 5.98. The monoisotopic (exact) mass is 288 g/mol. The van der Waals surface area contributed by atoms with E-state index in [0.29, 0.717) is 5.56 Å². The average Bonchev–Trinajstić information content (AvgIpc) is 2.34. The van der Waals surface area contributed by atoms with Crippen molar-refractivity contribution < 1.29 is 13.5 Å². The molecule has 5 heteroatoms. The summed E-state index contributed by atoms with van der Waals surface area (Å²) in [6.07, 6.45) is 0. The van der Waals surface area contributed by atoms with Crippen molar-refractivity contribution in [1.29, 1.82) is 0 Å². The molecule has 0 unspecified atom stereocenters. The maximum atomic E-state index is 13.6. The Bertz CT molecular complexity index is 573. The molecule has 0 aromatic heterocycles. The highest BCUT2D eigenvalue weighted by Crippen LogP contribution is 2.29. The standard InChI is InChI=1S/C13H8Cl2F2O/c14-7-8-4-9(16)6-10(5-8)18-12-3-1-2-11(15)13(12)17/h1-6H,7H2. The van der Waals surface area contributed by atoms with E-state index < -0.39 is 11.6 Å². The molecular formula is C13H8Cl2F2O. The SMILES string of the molecule is Fc1cc(CCl)cc(Oc2cccc(Cl)c2F)c1. The Balaban J connectivity index is 2.34. The molecule has 0 saturated carbocycles. The van der Waals surface area contributed by atoms with E-state index in [2.05, 4.69) is 0 Å². The van der Waals surface area contributed by atoms with Gasteiger partial charge in [-0.1, -0.05) is 17.7 Å². The van der Waals surface area contributed by atoms with Crippen LogP contribution in [0.5, 0.6) is 11.5 Å². The van der Waals surface area contributed by atoms with Gasteiger partial charge >= 0.3 is 0 Å². The fourth-order valence-corrected chi connectivity index (χ4v) is 1.77. The number of rotatable bonds is 3. The Morgan fingerprint density at radius 1 is 1.11 bits per heavy atom. The van der Waals surface area contributed by atoms with Gasteiger partial charge in [0.05, 0.1) is 5.02 Å². The topological polar surface area (TPSA) is 9.23 Å². The Kier molecular flexibility index (Phi) is 4.04. The van der Waals surface area contributed by atoms with E-state index in [1.807, 2.05) is 0 Å². The Morgan fingerprint density at radius 2 is 1.89 bits per heavy atom. The summed E-state index contributed by atoms with van der Waals surface area (Å²) >= 11 is 11.2. The summed E-state index contributed by atoms with van der Waals surface area (Å²) in [7, 11) is 0. The first-order valence-electron chi connectivity index (χ1n) is 5.07. The van der Waals surface area contributed by atoms with Gasteiger partial charge < -0.3 is 4.74 Å². The first kappa shape index (κ1) is 13.1. The zero-order chi connectivity index (χ0) is 13.1. The summed E-state index contributed by atoms with van der Waals surface area (Å²) in [6, 6.07) is 8.33. The highest BCUT2D eigenvalue weighted by molar-refractivity contribution is 6.30. The molecule has 0 aliphatic heterocycles. The van der Waals surface area contributed by atoms with Crippen molar-refractivity contribution >= 4 is 23.2 Å². The van der Waals surface area contributed by atoms with E-state index in [-0.39, 0.29) is 22.4 Å². The summed E-state index contributed by atoms with van der Waals surface area (Å²) in [5.41, 5.74) is 0.550. The molecule has 0 bridgehead atoms. The van der Waals surface area contributed by atoms with Gasteiger partial charge in [-0.15, -0.1) is 11.6 Å². The maximum absolute atomic E-state index is 13.6. The Labute approximate surface area is 113 Å². The third-order valence-electron chi connectivity index (χ3n) is 2.23. The number of hydrogen-bond donors (Lipinski definition) is 0. The van der Waals surface area contributed by atoms with Crippen molar-refractivity contribution in [3.63, 3.8) is 0 Å². The smallest absolute Gasteiger partial charge is 0.184 e. The van der Waals surface area contributed by atoms with Crippen LogP contribution in [-0.2, 0) is 5.88 Å². The third kappa shape index (κ3) is 2.92. The van der Waals surface area contributed by atoms with E-state index in [1.165, 1.54) is 24.3 Å². The Hall–Kier alpha value is -1.32. The van der Waals surface area contributed by atoms with Crippen LogP contribution in [0.15, 0.2) is 36.4 Å². The fourth-order valence-electron chi connectivity index (χ4n) is 1.45. The van der Waals surface area contributed by atoms with Gasteiger partial charge in [0.2, 0.25) is 0 Å². The van der Waals surface area contributed by atoms with Crippen molar-refractivity contribution in [3.8, 4) is 11.5 Å². The molecule has 2 rings (SSSR count). The van der Waals surface area contributed by atoms with Gasteiger partial charge in [-0.05, 0) is 29.8 Å². The van der Waals surface area contributed by atoms with E-state index >= 15 is 0 Å². The third-order valence-corrected chi connectivity index (χ3v) is 2.83. The largest absolute Gasteiger partial charge is 0.454 e. The summed E-state index contributed by atoms with van der Waals surface area (Å²) in [4.78, 5) is 0. The van der Waals surface area contributed by atoms with Gasteiger partial charge in [-0.2, -0.15) is 0 Å². The van der Waals surface area contributed by atoms with Crippen molar-refractivity contribution in [2.24, 2.45) is 0 Å². The van der Waals surface area contributed by atoms with Crippen LogP contribution >= 0.6 is 23.2 Å². The lowest BCUT2D eigenvalue weighted by Crippen LogP contribution is -1.91. The van der Waals surface area contributed by atoms with E-state index in [9.17, 15) is 8.78 Å². The molecule has 0 N–H and O–H groups in total. The summed E-state index contributed by atoms with van der Waals surface area (Å²) in [6.45, 7) is 0. The molecule has 2 aromatic carbocycles. The zero-order valence-corrected chi connectivity index (χ0v) is 10.6. The van der Waals surface area contributed by atoms with Gasteiger partial charge in [0.1, 0.15) is 11.6 Å². The summed E-state index contributed by atoms with van der Waals surface area (Å²) in [5, 5.41) is -0.0542. The van der Waals surface area contributed by atoms with Crippen LogP contribution in [0.2, 0.25) is 5.02 Å². The van der Waals surface area contributed by atoms with E-state index in [0.717, 1.165) is 6.07 Å². The minimum atomic E-state index is -0.684. The highest BCUT2D eigenvalue weighted by atomic mass is 35.5. The number of halogens is 4. The molecule has 0 aliphatic rings.